The smallest absolute Gasteiger partial charge is 0.223 e. The number of nitrogens with two attached hydrogens (primary N) is 1. The third kappa shape index (κ3) is 4.35. The maximum absolute atomic E-state index is 12.4. The lowest BCUT2D eigenvalue weighted by Crippen LogP contribution is -2.38. The Balaban J connectivity index is 0.00000180. The first-order chi connectivity index (χ1) is 8.58. The van der Waals surface area contributed by atoms with Gasteiger partial charge in [-0.15, -0.1) is 12.4 Å². The summed E-state index contributed by atoms with van der Waals surface area (Å²) in [6.07, 6.45) is 7.68. The van der Waals surface area contributed by atoms with Crippen LogP contribution in [-0.4, -0.2) is 29.4 Å². The van der Waals surface area contributed by atoms with Crippen molar-refractivity contribution in [2.75, 3.05) is 6.54 Å². The lowest BCUT2D eigenvalue weighted by molar-refractivity contribution is -0.133. The predicted octanol–water partition coefficient (Wildman–Crippen LogP) is 2.96. The Kier molecular flexibility index (Phi) is 6.61. The van der Waals surface area contributed by atoms with E-state index in [9.17, 15) is 4.79 Å². The SMILES string of the molecule is CC(C)CC1CCCN1C(=O)C[C@@H]1CCC[C@H]1N.Cl. The highest BCUT2D eigenvalue weighted by Gasteiger charge is 2.32. The molecule has 2 rings (SSSR count). The Labute approximate surface area is 123 Å². The Bertz CT molecular complexity index is 296. The van der Waals surface area contributed by atoms with Gasteiger partial charge in [0, 0.05) is 25.0 Å². The molecule has 0 aromatic carbocycles. The monoisotopic (exact) mass is 288 g/mol. The number of hydrogen-bond acceptors (Lipinski definition) is 2. The van der Waals surface area contributed by atoms with Gasteiger partial charge >= 0.3 is 0 Å². The second-order valence-corrected chi connectivity index (χ2v) is 6.57. The van der Waals surface area contributed by atoms with Crippen molar-refractivity contribution in [3.05, 3.63) is 0 Å². The zero-order valence-electron chi connectivity index (χ0n) is 12.3. The molecule has 112 valence electrons. The maximum atomic E-state index is 12.4. The van der Waals surface area contributed by atoms with Crippen molar-refractivity contribution in [1.29, 1.82) is 0 Å². The van der Waals surface area contributed by atoms with E-state index in [1.807, 2.05) is 0 Å². The first-order valence-corrected chi connectivity index (χ1v) is 7.63. The molecule has 4 heteroatoms. The third-order valence-electron chi connectivity index (χ3n) is 4.60. The van der Waals surface area contributed by atoms with Gasteiger partial charge in [0.15, 0.2) is 0 Å². The van der Waals surface area contributed by atoms with E-state index in [1.165, 1.54) is 19.3 Å². The number of carbonyl (C=O) groups is 1. The van der Waals surface area contributed by atoms with Crippen molar-refractivity contribution in [3.63, 3.8) is 0 Å². The van der Waals surface area contributed by atoms with Gasteiger partial charge in [0.1, 0.15) is 0 Å². The number of hydrogen-bond donors (Lipinski definition) is 1. The molecule has 0 spiro atoms. The van der Waals surface area contributed by atoms with Crippen molar-refractivity contribution >= 4 is 18.3 Å². The van der Waals surface area contributed by atoms with Gasteiger partial charge in [-0.2, -0.15) is 0 Å². The van der Waals surface area contributed by atoms with E-state index < -0.39 is 0 Å². The van der Waals surface area contributed by atoms with E-state index in [0.717, 1.165) is 25.8 Å². The van der Waals surface area contributed by atoms with E-state index in [1.54, 1.807) is 0 Å². The molecule has 1 aliphatic carbocycles. The van der Waals surface area contributed by atoms with Crippen LogP contribution < -0.4 is 5.73 Å². The Morgan fingerprint density at radius 1 is 1.26 bits per heavy atom. The second-order valence-electron chi connectivity index (χ2n) is 6.57. The van der Waals surface area contributed by atoms with Crippen LogP contribution in [0.25, 0.3) is 0 Å². The van der Waals surface area contributed by atoms with Crippen molar-refractivity contribution in [2.24, 2.45) is 17.6 Å². The summed E-state index contributed by atoms with van der Waals surface area (Å²) in [5.41, 5.74) is 6.07. The lowest BCUT2D eigenvalue weighted by atomic mass is 9.98. The average molecular weight is 289 g/mol. The summed E-state index contributed by atoms with van der Waals surface area (Å²) in [6.45, 7) is 5.46. The minimum atomic E-state index is 0. The fourth-order valence-electron chi connectivity index (χ4n) is 3.61. The van der Waals surface area contributed by atoms with Crippen LogP contribution in [0.4, 0.5) is 0 Å². The van der Waals surface area contributed by atoms with E-state index in [-0.39, 0.29) is 18.4 Å². The van der Waals surface area contributed by atoms with Gasteiger partial charge in [-0.05, 0) is 43.9 Å². The molecule has 2 N–H and O–H groups in total. The number of nitrogens with zero attached hydrogens (tertiary/aromatic N) is 1. The molecule has 19 heavy (non-hydrogen) atoms. The zero-order chi connectivity index (χ0) is 13.1. The largest absolute Gasteiger partial charge is 0.340 e. The molecule has 0 radical (unpaired) electrons. The van der Waals surface area contributed by atoms with Gasteiger partial charge < -0.3 is 10.6 Å². The quantitative estimate of drug-likeness (QED) is 0.864. The number of likely N-dealkylation sites (tertiary alicyclic amines) is 1. The molecule has 1 saturated carbocycles. The van der Waals surface area contributed by atoms with Crippen molar-refractivity contribution < 1.29 is 4.79 Å². The topological polar surface area (TPSA) is 46.3 Å². The van der Waals surface area contributed by atoms with Gasteiger partial charge in [-0.1, -0.05) is 20.3 Å². The normalized spacial score (nSPS) is 30.7. The third-order valence-corrected chi connectivity index (χ3v) is 4.60. The highest BCUT2D eigenvalue weighted by Crippen LogP contribution is 2.30. The van der Waals surface area contributed by atoms with Crippen LogP contribution in [0.5, 0.6) is 0 Å². The molecule has 2 aliphatic rings. The van der Waals surface area contributed by atoms with Gasteiger partial charge in [0.25, 0.3) is 0 Å². The van der Waals surface area contributed by atoms with E-state index in [2.05, 4.69) is 18.7 Å². The van der Waals surface area contributed by atoms with E-state index in [0.29, 0.717) is 30.2 Å². The molecule has 3 atom stereocenters. The summed E-state index contributed by atoms with van der Waals surface area (Å²) in [6, 6.07) is 0.759. The summed E-state index contributed by atoms with van der Waals surface area (Å²) >= 11 is 0. The zero-order valence-corrected chi connectivity index (χ0v) is 13.1. The summed E-state index contributed by atoms with van der Waals surface area (Å²) in [7, 11) is 0. The Hall–Kier alpha value is -0.280. The van der Waals surface area contributed by atoms with Crippen molar-refractivity contribution in [1.82, 2.24) is 4.90 Å². The van der Waals surface area contributed by atoms with Crippen LogP contribution in [0.15, 0.2) is 0 Å². The van der Waals surface area contributed by atoms with Crippen molar-refractivity contribution in [3.8, 4) is 0 Å². The highest BCUT2D eigenvalue weighted by atomic mass is 35.5. The Morgan fingerprint density at radius 3 is 2.58 bits per heavy atom. The minimum Gasteiger partial charge on any atom is -0.340 e. The van der Waals surface area contributed by atoms with Crippen LogP contribution >= 0.6 is 12.4 Å². The molecule has 0 aromatic rings. The van der Waals surface area contributed by atoms with Gasteiger partial charge in [-0.25, -0.2) is 0 Å². The molecule has 1 heterocycles. The van der Waals surface area contributed by atoms with Gasteiger partial charge in [0.05, 0.1) is 0 Å². The number of halogens is 1. The van der Waals surface area contributed by atoms with Crippen LogP contribution in [-0.2, 0) is 4.79 Å². The van der Waals surface area contributed by atoms with Crippen LogP contribution in [0.1, 0.15) is 58.8 Å². The van der Waals surface area contributed by atoms with Crippen LogP contribution in [0, 0.1) is 11.8 Å². The van der Waals surface area contributed by atoms with E-state index >= 15 is 0 Å². The predicted molar refractivity (Wildman–Crippen MR) is 81.4 cm³/mol. The summed E-state index contributed by atoms with van der Waals surface area (Å²) in [4.78, 5) is 14.6. The second kappa shape index (κ2) is 7.49. The molecular weight excluding hydrogens is 260 g/mol. The fourth-order valence-corrected chi connectivity index (χ4v) is 3.61. The minimum absolute atomic E-state index is 0. The molecule has 0 aromatic heterocycles. The van der Waals surface area contributed by atoms with Crippen molar-refractivity contribution in [2.45, 2.75) is 70.9 Å². The fraction of sp³-hybridized carbons (Fsp3) is 0.933. The number of carbonyl (C=O) groups excluding carboxylic acids is 1. The van der Waals surface area contributed by atoms with Gasteiger partial charge in [-0.3, -0.25) is 4.79 Å². The Morgan fingerprint density at radius 2 is 2.00 bits per heavy atom. The number of amides is 1. The first-order valence-electron chi connectivity index (χ1n) is 7.63. The van der Waals surface area contributed by atoms with Gasteiger partial charge in [0.2, 0.25) is 5.91 Å². The lowest BCUT2D eigenvalue weighted by Gasteiger charge is -2.28. The molecule has 0 bridgehead atoms. The molecule has 1 amide bonds. The summed E-state index contributed by atoms with van der Waals surface area (Å²) in [5, 5.41) is 0. The maximum Gasteiger partial charge on any atom is 0.223 e. The highest BCUT2D eigenvalue weighted by molar-refractivity contribution is 5.85. The summed E-state index contributed by atoms with van der Waals surface area (Å²) in [5.74, 6) is 1.48. The standard InChI is InChI=1S/C15H28N2O.ClH/c1-11(2)9-13-6-4-8-17(13)15(18)10-12-5-3-7-14(12)16;/h11-14H,3-10,16H2,1-2H3;1H/t12-,13?,14+;/m0./s1. The van der Waals surface area contributed by atoms with Crippen LogP contribution in [0.3, 0.4) is 0 Å². The first kappa shape index (κ1) is 16.8. The molecular formula is C15H29ClN2O. The van der Waals surface area contributed by atoms with Crippen LogP contribution in [0.2, 0.25) is 0 Å². The molecule has 1 saturated heterocycles. The number of rotatable bonds is 4. The molecule has 1 unspecified atom stereocenters. The average Bonchev–Trinajstić information content (AvgIpc) is 2.88. The molecule has 1 aliphatic heterocycles. The summed E-state index contributed by atoms with van der Waals surface area (Å²) < 4.78 is 0. The molecule has 3 nitrogen and oxygen atoms in total. The van der Waals surface area contributed by atoms with E-state index in [4.69, 9.17) is 5.73 Å². The molecule has 2 fully saturated rings.